The van der Waals surface area contributed by atoms with Crippen LogP contribution in [0.5, 0.6) is 0 Å². The molecule has 0 aromatic carbocycles. The van der Waals surface area contributed by atoms with Crippen molar-refractivity contribution in [2.45, 2.75) is 39.7 Å². The summed E-state index contributed by atoms with van der Waals surface area (Å²) in [5.74, 6) is 0.858. The highest BCUT2D eigenvalue weighted by molar-refractivity contribution is 4.78. The lowest BCUT2D eigenvalue weighted by Crippen LogP contribution is -2.45. The Hall–Kier alpha value is -0.120. The van der Waals surface area contributed by atoms with Crippen molar-refractivity contribution < 1.29 is 4.74 Å². The number of nitrogens with zero attached hydrogens (tertiary/aromatic N) is 1. The van der Waals surface area contributed by atoms with Gasteiger partial charge in [-0.1, -0.05) is 6.92 Å². The lowest BCUT2D eigenvalue weighted by Gasteiger charge is -2.37. The maximum absolute atomic E-state index is 5.29. The summed E-state index contributed by atoms with van der Waals surface area (Å²) >= 11 is 0. The standard InChI is InChI=1S/C13H28N2O/c1-4-16-11-8-14-7-10-15-9-5-6-12(2)13(15)3/h12-14H,4-11H2,1-3H3. The fraction of sp³-hybridized carbons (Fsp3) is 1.00. The van der Waals surface area contributed by atoms with Crippen molar-refractivity contribution in [3.8, 4) is 0 Å². The molecule has 3 nitrogen and oxygen atoms in total. The summed E-state index contributed by atoms with van der Waals surface area (Å²) < 4.78 is 5.29. The smallest absolute Gasteiger partial charge is 0.0590 e. The first-order valence-corrected chi connectivity index (χ1v) is 6.78. The molecule has 0 saturated carbocycles. The number of hydrogen-bond donors (Lipinski definition) is 1. The van der Waals surface area contributed by atoms with Crippen LogP contribution in [0, 0.1) is 5.92 Å². The normalized spacial score (nSPS) is 27.2. The van der Waals surface area contributed by atoms with Gasteiger partial charge < -0.3 is 10.1 Å². The molecular weight excluding hydrogens is 200 g/mol. The molecular formula is C13H28N2O. The van der Waals surface area contributed by atoms with Crippen LogP contribution in [-0.2, 0) is 4.74 Å². The molecule has 2 unspecified atom stereocenters. The van der Waals surface area contributed by atoms with Crippen LogP contribution in [0.2, 0.25) is 0 Å². The Bertz CT molecular complexity index is 175. The van der Waals surface area contributed by atoms with Crippen LogP contribution < -0.4 is 5.32 Å². The zero-order valence-electron chi connectivity index (χ0n) is 11.2. The van der Waals surface area contributed by atoms with Crippen molar-refractivity contribution >= 4 is 0 Å². The van der Waals surface area contributed by atoms with Crippen LogP contribution in [0.3, 0.4) is 0 Å². The number of rotatable bonds is 7. The van der Waals surface area contributed by atoms with Crippen molar-refractivity contribution in [1.29, 1.82) is 0 Å². The SMILES string of the molecule is CCOCCNCCN1CCCC(C)C1C. The summed E-state index contributed by atoms with van der Waals surface area (Å²) in [7, 11) is 0. The van der Waals surface area contributed by atoms with Gasteiger partial charge in [0.15, 0.2) is 0 Å². The minimum absolute atomic E-state index is 0.752. The van der Waals surface area contributed by atoms with Crippen molar-refractivity contribution in [2.75, 3.05) is 39.4 Å². The fourth-order valence-electron chi connectivity index (χ4n) is 2.37. The Morgan fingerprint density at radius 2 is 2.12 bits per heavy atom. The van der Waals surface area contributed by atoms with E-state index < -0.39 is 0 Å². The molecule has 1 saturated heterocycles. The van der Waals surface area contributed by atoms with Gasteiger partial charge in [0.25, 0.3) is 0 Å². The Kier molecular flexibility index (Phi) is 7.01. The molecule has 1 heterocycles. The second kappa shape index (κ2) is 8.04. The molecule has 96 valence electrons. The van der Waals surface area contributed by atoms with Crippen molar-refractivity contribution in [1.82, 2.24) is 10.2 Å². The number of piperidine rings is 1. The molecule has 0 amide bonds. The van der Waals surface area contributed by atoms with Gasteiger partial charge in [-0.3, -0.25) is 4.90 Å². The molecule has 1 rings (SSSR count). The maximum Gasteiger partial charge on any atom is 0.0590 e. The van der Waals surface area contributed by atoms with E-state index in [0.29, 0.717) is 0 Å². The van der Waals surface area contributed by atoms with E-state index in [2.05, 4.69) is 24.1 Å². The van der Waals surface area contributed by atoms with E-state index >= 15 is 0 Å². The predicted molar refractivity (Wildman–Crippen MR) is 68.8 cm³/mol. The zero-order chi connectivity index (χ0) is 11.8. The third kappa shape index (κ3) is 4.81. The van der Waals surface area contributed by atoms with Crippen molar-refractivity contribution in [2.24, 2.45) is 5.92 Å². The highest BCUT2D eigenvalue weighted by Crippen LogP contribution is 2.21. The summed E-state index contributed by atoms with van der Waals surface area (Å²) in [6.45, 7) is 13.0. The van der Waals surface area contributed by atoms with Gasteiger partial charge in [0.2, 0.25) is 0 Å². The lowest BCUT2D eigenvalue weighted by molar-refractivity contribution is 0.112. The van der Waals surface area contributed by atoms with E-state index in [1.165, 1.54) is 25.9 Å². The van der Waals surface area contributed by atoms with Gasteiger partial charge in [0.05, 0.1) is 6.61 Å². The Morgan fingerprint density at radius 1 is 1.31 bits per heavy atom. The van der Waals surface area contributed by atoms with Gasteiger partial charge >= 0.3 is 0 Å². The first-order chi connectivity index (χ1) is 7.75. The first-order valence-electron chi connectivity index (χ1n) is 6.78. The molecule has 0 bridgehead atoms. The third-order valence-electron chi connectivity index (χ3n) is 3.71. The summed E-state index contributed by atoms with van der Waals surface area (Å²) in [6, 6.07) is 0.752. The predicted octanol–water partition coefficient (Wildman–Crippen LogP) is 1.73. The molecule has 0 radical (unpaired) electrons. The van der Waals surface area contributed by atoms with E-state index in [1.54, 1.807) is 0 Å². The van der Waals surface area contributed by atoms with Gasteiger partial charge in [0.1, 0.15) is 0 Å². The van der Waals surface area contributed by atoms with Crippen LogP contribution in [0.25, 0.3) is 0 Å². The second-order valence-electron chi connectivity index (χ2n) is 4.84. The third-order valence-corrected chi connectivity index (χ3v) is 3.71. The number of hydrogen-bond acceptors (Lipinski definition) is 3. The molecule has 0 aromatic rings. The summed E-state index contributed by atoms with van der Waals surface area (Å²) in [5.41, 5.74) is 0. The van der Waals surface area contributed by atoms with E-state index in [0.717, 1.165) is 38.3 Å². The summed E-state index contributed by atoms with van der Waals surface area (Å²) in [4.78, 5) is 2.61. The van der Waals surface area contributed by atoms with Crippen molar-refractivity contribution in [3.05, 3.63) is 0 Å². The highest BCUT2D eigenvalue weighted by atomic mass is 16.5. The second-order valence-corrected chi connectivity index (χ2v) is 4.84. The van der Waals surface area contributed by atoms with Gasteiger partial charge in [-0.25, -0.2) is 0 Å². The molecule has 0 aromatic heterocycles. The highest BCUT2D eigenvalue weighted by Gasteiger charge is 2.23. The lowest BCUT2D eigenvalue weighted by atomic mass is 9.92. The fourth-order valence-corrected chi connectivity index (χ4v) is 2.37. The van der Waals surface area contributed by atoms with E-state index in [4.69, 9.17) is 4.74 Å². The van der Waals surface area contributed by atoms with Crippen LogP contribution in [0.1, 0.15) is 33.6 Å². The zero-order valence-corrected chi connectivity index (χ0v) is 11.2. The molecule has 1 N–H and O–H groups in total. The van der Waals surface area contributed by atoms with Crippen LogP contribution in [0.15, 0.2) is 0 Å². The monoisotopic (exact) mass is 228 g/mol. The van der Waals surface area contributed by atoms with Gasteiger partial charge in [-0.2, -0.15) is 0 Å². The molecule has 1 aliphatic rings. The molecule has 16 heavy (non-hydrogen) atoms. The van der Waals surface area contributed by atoms with Gasteiger partial charge in [0, 0.05) is 32.3 Å². The molecule has 3 heteroatoms. The topological polar surface area (TPSA) is 24.5 Å². The maximum atomic E-state index is 5.29. The Morgan fingerprint density at radius 3 is 2.88 bits per heavy atom. The summed E-state index contributed by atoms with van der Waals surface area (Å²) in [5, 5.41) is 3.44. The number of likely N-dealkylation sites (tertiary alicyclic amines) is 1. The Labute approximate surface area is 101 Å². The van der Waals surface area contributed by atoms with Gasteiger partial charge in [-0.05, 0) is 39.2 Å². The number of ether oxygens (including phenoxy) is 1. The van der Waals surface area contributed by atoms with E-state index in [-0.39, 0.29) is 0 Å². The quantitative estimate of drug-likeness (QED) is 0.672. The van der Waals surface area contributed by atoms with Gasteiger partial charge in [-0.15, -0.1) is 0 Å². The number of nitrogens with one attached hydrogen (secondary N) is 1. The van der Waals surface area contributed by atoms with E-state index in [1.807, 2.05) is 6.92 Å². The molecule has 1 fully saturated rings. The van der Waals surface area contributed by atoms with Crippen LogP contribution in [0.4, 0.5) is 0 Å². The first kappa shape index (κ1) is 13.9. The minimum atomic E-state index is 0.752. The molecule has 1 aliphatic heterocycles. The van der Waals surface area contributed by atoms with Crippen molar-refractivity contribution in [3.63, 3.8) is 0 Å². The van der Waals surface area contributed by atoms with Crippen LogP contribution in [-0.4, -0.2) is 50.3 Å². The largest absolute Gasteiger partial charge is 0.380 e. The average molecular weight is 228 g/mol. The summed E-state index contributed by atoms with van der Waals surface area (Å²) in [6.07, 6.45) is 2.76. The molecule has 0 spiro atoms. The van der Waals surface area contributed by atoms with Crippen LogP contribution >= 0.6 is 0 Å². The molecule has 2 atom stereocenters. The minimum Gasteiger partial charge on any atom is -0.380 e. The Balaban J connectivity index is 2.03. The van der Waals surface area contributed by atoms with E-state index in [9.17, 15) is 0 Å². The average Bonchev–Trinajstić information content (AvgIpc) is 2.29. The molecule has 0 aliphatic carbocycles.